The van der Waals surface area contributed by atoms with Gasteiger partial charge in [-0.3, -0.25) is 0 Å². The van der Waals surface area contributed by atoms with Crippen molar-refractivity contribution in [1.29, 1.82) is 0 Å². The maximum atomic E-state index is 12.9. The molecular weight excluding hydrogens is 205 g/mol. The Kier molecular flexibility index (Phi) is 5.43. The summed E-state index contributed by atoms with van der Waals surface area (Å²) < 4.78 is 12.9. The van der Waals surface area contributed by atoms with E-state index in [1.165, 1.54) is 6.07 Å². The Morgan fingerprint density at radius 3 is 2.69 bits per heavy atom. The average molecular weight is 225 g/mol. The van der Waals surface area contributed by atoms with Gasteiger partial charge in [0.05, 0.1) is 0 Å². The highest BCUT2D eigenvalue weighted by Gasteiger charge is 2.07. The van der Waals surface area contributed by atoms with Crippen LogP contribution in [0.2, 0.25) is 0 Å². The van der Waals surface area contributed by atoms with Crippen LogP contribution in [0.4, 0.5) is 4.39 Å². The molecular formula is C13H20FNO. The minimum Gasteiger partial charge on any atom is -0.396 e. The number of rotatable bonds is 6. The van der Waals surface area contributed by atoms with Crippen molar-refractivity contribution >= 4 is 0 Å². The quantitative estimate of drug-likeness (QED) is 0.777. The zero-order chi connectivity index (χ0) is 12.0. The highest BCUT2D eigenvalue weighted by atomic mass is 19.1. The normalized spacial score (nSPS) is 14.8. The molecule has 16 heavy (non-hydrogen) atoms. The minimum atomic E-state index is -0.187. The fourth-order valence-corrected chi connectivity index (χ4v) is 1.84. The lowest BCUT2D eigenvalue weighted by Crippen LogP contribution is -2.36. The second-order valence-corrected chi connectivity index (χ2v) is 4.32. The summed E-state index contributed by atoms with van der Waals surface area (Å²) in [5.41, 5.74) is 0.996. The van der Waals surface area contributed by atoms with Crippen LogP contribution in [0.25, 0.3) is 0 Å². The average Bonchev–Trinajstić information content (AvgIpc) is 2.17. The predicted molar refractivity (Wildman–Crippen MR) is 63.9 cm³/mol. The van der Waals surface area contributed by atoms with E-state index in [9.17, 15) is 4.39 Å². The van der Waals surface area contributed by atoms with E-state index < -0.39 is 0 Å². The molecule has 0 saturated carbocycles. The SMILES string of the molecule is CC(CCO)NC(C)Cc1cccc(F)c1. The summed E-state index contributed by atoms with van der Waals surface area (Å²) in [6.45, 7) is 4.30. The zero-order valence-electron chi connectivity index (χ0n) is 9.91. The van der Waals surface area contributed by atoms with Gasteiger partial charge in [0.25, 0.3) is 0 Å². The van der Waals surface area contributed by atoms with Crippen molar-refractivity contribution in [2.75, 3.05) is 6.61 Å². The van der Waals surface area contributed by atoms with Gasteiger partial charge in [-0.25, -0.2) is 4.39 Å². The molecule has 1 rings (SSSR count). The van der Waals surface area contributed by atoms with Gasteiger partial charge in [-0.1, -0.05) is 12.1 Å². The molecule has 0 aliphatic rings. The van der Waals surface area contributed by atoms with Gasteiger partial charge in [-0.05, 0) is 44.4 Å². The van der Waals surface area contributed by atoms with Crippen LogP contribution in [0.15, 0.2) is 24.3 Å². The van der Waals surface area contributed by atoms with Crippen LogP contribution >= 0.6 is 0 Å². The lowest BCUT2D eigenvalue weighted by Gasteiger charge is -2.19. The third-order valence-corrected chi connectivity index (χ3v) is 2.56. The van der Waals surface area contributed by atoms with Crippen LogP contribution in [-0.4, -0.2) is 23.8 Å². The molecule has 0 spiro atoms. The summed E-state index contributed by atoms with van der Waals surface area (Å²) in [5, 5.41) is 12.2. The smallest absolute Gasteiger partial charge is 0.123 e. The summed E-state index contributed by atoms with van der Waals surface area (Å²) in [6.07, 6.45) is 1.54. The number of aliphatic hydroxyl groups excluding tert-OH is 1. The Morgan fingerprint density at radius 1 is 1.31 bits per heavy atom. The molecule has 3 heteroatoms. The molecule has 90 valence electrons. The predicted octanol–water partition coefficient (Wildman–Crippen LogP) is 2.12. The van der Waals surface area contributed by atoms with Crippen molar-refractivity contribution in [1.82, 2.24) is 5.32 Å². The Labute approximate surface area is 96.5 Å². The minimum absolute atomic E-state index is 0.187. The number of hydrogen-bond acceptors (Lipinski definition) is 2. The number of benzene rings is 1. The van der Waals surface area contributed by atoms with Crippen LogP contribution in [0.1, 0.15) is 25.8 Å². The van der Waals surface area contributed by atoms with Gasteiger partial charge in [0, 0.05) is 18.7 Å². The van der Waals surface area contributed by atoms with Crippen molar-refractivity contribution in [2.24, 2.45) is 0 Å². The van der Waals surface area contributed by atoms with Gasteiger partial charge in [-0.15, -0.1) is 0 Å². The standard InChI is InChI=1S/C13H20FNO/c1-10(6-7-16)15-11(2)8-12-4-3-5-13(14)9-12/h3-5,9-11,15-16H,6-8H2,1-2H3. The molecule has 2 atom stereocenters. The Balaban J connectivity index is 2.42. The van der Waals surface area contributed by atoms with Crippen LogP contribution < -0.4 is 5.32 Å². The summed E-state index contributed by atoms with van der Waals surface area (Å²) in [7, 11) is 0. The van der Waals surface area contributed by atoms with Crippen molar-refractivity contribution in [2.45, 2.75) is 38.8 Å². The van der Waals surface area contributed by atoms with Crippen LogP contribution in [0.3, 0.4) is 0 Å². The molecule has 1 aromatic carbocycles. The molecule has 0 aliphatic carbocycles. The molecule has 2 nitrogen and oxygen atoms in total. The second-order valence-electron chi connectivity index (χ2n) is 4.32. The van der Waals surface area contributed by atoms with Crippen molar-refractivity contribution in [3.8, 4) is 0 Å². The van der Waals surface area contributed by atoms with E-state index in [0.29, 0.717) is 0 Å². The maximum absolute atomic E-state index is 12.9. The van der Waals surface area contributed by atoms with Crippen LogP contribution in [0.5, 0.6) is 0 Å². The van der Waals surface area contributed by atoms with Gasteiger partial charge in [0.1, 0.15) is 5.82 Å². The van der Waals surface area contributed by atoms with E-state index in [4.69, 9.17) is 5.11 Å². The lowest BCUT2D eigenvalue weighted by molar-refractivity contribution is 0.264. The molecule has 0 amide bonds. The molecule has 0 aliphatic heterocycles. The van der Waals surface area contributed by atoms with Crippen molar-refractivity contribution in [3.05, 3.63) is 35.6 Å². The summed E-state index contributed by atoms with van der Waals surface area (Å²) in [6, 6.07) is 7.24. The molecule has 2 unspecified atom stereocenters. The van der Waals surface area contributed by atoms with Crippen molar-refractivity contribution < 1.29 is 9.50 Å². The maximum Gasteiger partial charge on any atom is 0.123 e. The molecule has 0 aromatic heterocycles. The highest BCUT2D eigenvalue weighted by Crippen LogP contribution is 2.07. The van der Waals surface area contributed by atoms with Gasteiger partial charge in [0.2, 0.25) is 0 Å². The largest absolute Gasteiger partial charge is 0.396 e. The van der Waals surface area contributed by atoms with Crippen LogP contribution in [0, 0.1) is 5.82 Å². The van der Waals surface area contributed by atoms with Gasteiger partial charge < -0.3 is 10.4 Å². The third kappa shape index (κ3) is 4.73. The summed E-state index contributed by atoms with van der Waals surface area (Å²) >= 11 is 0. The molecule has 2 N–H and O–H groups in total. The molecule has 0 saturated heterocycles. The van der Waals surface area contributed by atoms with E-state index >= 15 is 0 Å². The monoisotopic (exact) mass is 225 g/mol. The zero-order valence-corrected chi connectivity index (χ0v) is 9.91. The van der Waals surface area contributed by atoms with E-state index in [1.807, 2.05) is 13.0 Å². The first kappa shape index (κ1) is 13.1. The molecule has 0 heterocycles. The topological polar surface area (TPSA) is 32.3 Å². The Bertz CT molecular complexity index is 317. The number of aliphatic hydroxyl groups is 1. The summed E-state index contributed by atoms with van der Waals surface area (Å²) in [4.78, 5) is 0. The number of hydrogen-bond donors (Lipinski definition) is 2. The third-order valence-electron chi connectivity index (χ3n) is 2.56. The van der Waals surface area contributed by atoms with E-state index in [0.717, 1.165) is 18.4 Å². The first-order valence-electron chi connectivity index (χ1n) is 5.73. The molecule has 1 aromatic rings. The second kappa shape index (κ2) is 6.61. The van der Waals surface area contributed by atoms with E-state index in [-0.39, 0.29) is 24.5 Å². The van der Waals surface area contributed by atoms with Crippen LogP contribution in [-0.2, 0) is 6.42 Å². The Hall–Kier alpha value is -0.930. The fraction of sp³-hybridized carbons (Fsp3) is 0.538. The van der Waals surface area contributed by atoms with Gasteiger partial charge in [-0.2, -0.15) is 0 Å². The summed E-state index contributed by atoms with van der Waals surface area (Å²) in [5.74, 6) is -0.187. The fourth-order valence-electron chi connectivity index (χ4n) is 1.84. The molecule has 0 bridgehead atoms. The molecule has 0 fully saturated rings. The first-order chi connectivity index (χ1) is 7.61. The van der Waals surface area contributed by atoms with Gasteiger partial charge in [0.15, 0.2) is 0 Å². The number of halogens is 1. The van der Waals surface area contributed by atoms with Crippen molar-refractivity contribution in [3.63, 3.8) is 0 Å². The number of nitrogens with one attached hydrogen (secondary N) is 1. The lowest BCUT2D eigenvalue weighted by atomic mass is 10.1. The van der Waals surface area contributed by atoms with E-state index in [2.05, 4.69) is 12.2 Å². The van der Waals surface area contributed by atoms with Gasteiger partial charge >= 0.3 is 0 Å². The highest BCUT2D eigenvalue weighted by molar-refractivity contribution is 5.17. The van der Waals surface area contributed by atoms with E-state index in [1.54, 1.807) is 12.1 Å². The molecule has 0 radical (unpaired) electrons. The first-order valence-corrected chi connectivity index (χ1v) is 5.73. The Morgan fingerprint density at radius 2 is 2.06 bits per heavy atom.